The fourth-order valence-corrected chi connectivity index (χ4v) is 3.23. The van der Waals surface area contributed by atoms with Crippen molar-refractivity contribution in [3.05, 3.63) is 28.5 Å². The number of halogens is 1. The lowest BCUT2D eigenvalue weighted by atomic mass is 9.91. The minimum absolute atomic E-state index is 0.344. The minimum Gasteiger partial charge on any atom is -0.271 e. The molecule has 0 amide bonds. The van der Waals surface area contributed by atoms with Crippen LogP contribution in [0, 0.1) is 5.92 Å². The second kappa shape index (κ2) is 7.98. The number of aromatic nitrogens is 1. The molecule has 3 nitrogen and oxygen atoms in total. The number of nitrogens with two attached hydrogens (primary N) is 1. The topological polar surface area (TPSA) is 50.9 Å². The average molecular weight is 326 g/mol. The van der Waals surface area contributed by atoms with Crippen molar-refractivity contribution < 1.29 is 0 Å². The van der Waals surface area contributed by atoms with Crippen molar-refractivity contribution in [3.63, 3.8) is 0 Å². The predicted molar refractivity (Wildman–Crippen MR) is 82.6 cm³/mol. The first-order chi connectivity index (χ1) is 9.28. The third-order valence-electron chi connectivity index (χ3n) is 4.07. The van der Waals surface area contributed by atoms with Gasteiger partial charge in [-0.1, -0.05) is 38.5 Å². The molecule has 1 aromatic rings. The Morgan fingerprint density at radius 3 is 2.58 bits per heavy atom. The normalized spacial score (nSPS) is 19.1. The lowest BCUT2D eigenvalue weighted by Crippen LogP contribution is -2.38. The highest BCUT2D eigenvalue weighted by atomic mass is 79.9. The summed E-state index contributed by atoms with van der Waals surface area (Å²) in [5, 5.41) is 0. The highest BCUT2D eigenvalue weighted by molar-refractivity contribution is 9.10. The summed E-state index contributed by atoms with van der Waals surface area (Å²) in [6, 6.07) is 4.46. The maximum absolute atomic E-state index is 5.72. The van der Waals surface area contributed by atoms with E-state index in [0.717, 1.165) is 22.5 Å². The van der Waals surface area contributed by atoms with Gasteiger partial charge >= 0.3 is 0 Å². The molecule has 4 heteroatoms. The van der Waals surface area contributed by atoms with Gasteiger partial charge in [0.15, 0.2) is 0 Å². The highest BCUT2D eigenvalue weighted by Gasteiger charge is 2.18. The SMILES string of the molecule is NNC(Cc1ccc(Br)cn1)CC1CCCCCC1. The zero-order valence-electron chi connectivity index (χ0n) is 11.4. The van der Waals surface area contributed by atoms with Gasteiger partial charge in [0.05, 0.1) is 0 Å². The van der Waals surface area contributed by atoms with Crippen LogP contribution in [-0.4, -0.2) is 11.0 Å². The van der Waals surface area contributed by atoms with Crippen LogP contribution in [0.4, 0.5) is 0 Å². The molecule has 0 radical (unpaired) electrons. The number of rotatable bonds is 5. The smallest absolute Gasteiger partial charge is 0.0420 e. The van der Waals surface area contributed by atoms with E-state index in [1.807, 2.05) is 12.3 Å². The van der Waals surface area contributed by atoms with Crippen molar-refractivity contribution in [2.24, 2.45) is 11.8 Å². The lowest BCUT2D eigenvalue weighted by Gasteiger charge is -2.21. The Hall–Kier alpha value is -0.450. The fourth-order valence-electron chi connectivity index (χ4n) is 2.99. The van der Waals surface area contributed by atoms with Crippen molar-refractivity contribution in [2.75, 3.05) is 0 Å². The molecule has 19 heavy (non-hydrogen) atoms. The second-order valence-electron chi connectivity index (χ2n) is 5.63. The van der Waals surface area contributed by atoms with Gasteiger partial charge in [0.1, 0.15) is 0 Å². The molecule has 0 aromatic carbocycles. The van der Waals surface area contributed by atoms with E-state index in [1.54, 1.807) is 0 Å². The monoisotopic (exact) mass is 325 g/mol. The molecular weight excluding hydrogens is 302 g/mol. The molecule has 3 N–H and O–H groups in total. The van der Waals surface area contributed by atoms with Crippen LogP contribution in [0.3, 0.4) is 0 Å². The minimum atomic E-state index is 0.344. The number of hydrogen-bond acceptors (Lipinski definition) is 3. The quantitative estimate of drug-likeness (QED) is 0.494. The first-order valence-corrected chi connectivity index (χ1v) is 8.14. The molecule has 0 saturated heterocycles. The van der Waals surface area contributed by atoms with Gasteiger partial charge in [-0.05, 0) is 40.4 Å². The van der Waals surface area contributed by atoms with Gasteiger partial charge in [0.25, 0.3) is 0 Å². The van der Waals surface area contributed by atoms with Crippen molar-refractivity contribution >= 4 is 15.9 Å². The summed E-state index contributed by atoms with van der Waals surface area (Å²) in [6.45, 7) is 0. The number of hydrogen-bond donors (Lipinski definition) is 2. The van der Waals surface area contributed by atoms with E-state index in [2.05, 4.69) is 32.4 Å². The van der Waals surface area contributed by atoms with E-state index in [1.165, 1.54) is 44.9 Å². The third-order valence-corrected chi connectivity index (χ3v) is 4.54. The maximum Gasteiger partial charge on any atom is 0.0420 e. The summed E-state index contributed by atoms with van der Waals surface area (Å²) in [7, 11) is 0. The first-order valence-electron chi connectivity index (χ1n) is 7.34. The van der Waals surface area contributed by atoms with E-state index in [9.17, 15) is 0 Å². The van der Waals surface area contributed by atoms with Crippen molar-refractivity contribution in [2.45, 2.75) is 57.4 Å². The van der Waals surface area contributed by atoms with E-state index in [4.69, 9.17) is 5.84 Å². The van der Waals surface area contributed by atoms with E-state index < -0.39 is 0 Å². The highest BCUT2D eigenvalue weighted by Crippen LogP contribution is 2.27. The number of nitrogens with one attached hydrogen (secondary N) is 1. The van der Waals surface area contributed by atoms with Gasteiger partial charge in [-0.15, -0.1) is 0 Å². The largest absolute Gasteiger partial charge is 0.271 e. The van der Waals surface area contributed by atoms with Crippen molar-refractivity contribution in [1.82, 2.24) is 10.4 Å². The Bertz CT molecular complexity index is 358. The Morgan fingerprint density at radius 1 is 1.26 bits per heavy atom. The van der Waals surface area contributed by atoms with Gasteiger partial charge < -0.3 is 0 Å². The van der Waals surface area contributed by atoms with E-state index >= 15 is 0 Å². The standard InChI is InChI=1S/C15H24BrN3/c16-13-7-8-14(18-11-13)10-15(19-17)9-12-5-3-1-2-4-6-12/h7-8,11-12,15,19H,1-6,9-10,17H2. The van der Waals surface area contributed by atoms with Gasteiger partial charge in [0.2, 0.25) is 0 Å². The van der Waals surface area contributed by atoms with Gasteiger partial charge in [0, 0.05) is 28.8 Å². The van der Waals surface area contributed by atoms with Gasteiger partial charge in [-0.25, -0.2) is 0 Å². The van der Waals surface area contributed by atoms with Crippen LogP contribution < -0.4 is 11.3 Å². The molecular formula is C15H24BrN3. The molecule has 0 bridgehead atoms. The Kier molecular flexibility index (Phi) is 6.28. The van der Waals surface area contributed by atoms with E-state index in [-0.39, 0.29) is 0 Å². The Balaban J connectivity index is 1.86. The molecule has 2 rings (SSSR count). The van der Waals surface area contributed by atoms with Crippen LogP contribution in [0.5, 0.6) is 0 Å². The molecule has 1 atom stereocenters. The van der Waals surface area contributed by atoms with Crippen LogP contribution in [-0.2, 0) is 6.42 Å². The van der Waals surface area contributed by atoms with Crippen LogP contribution in [0.25, 0.3) is 0 Å². The van der Waals surface area contributed by atoms with E-state index in [0.29, 0.717) is 6.04 Å². The van der Waals surface area contributed by atoms with Crippen LogP contribution in [0.2, 0.25) is 0 Å². The molecule has 1 saturated carbocycles. The molecule has 0 aliphatic heterocycles. The average Bonchev–Trinajstić information content (AvgIpc) is 2.69. The molecule has 1 aromatic heterocycles. The summed E-state index contributed by atoms with van der Waals surface area (Å²) in [5.41, 5.74) is 4.09. The molecule has 1 unspecified atom stereocenters. The summed E-state index contributed by atoms with van der Waals surface area (Å²) >= 11 is 3.41. The van der Waals surface area contributed by atoms with Gasteiger partial charge in [-0.2, -0.15) is 0 Å². The Labute approximate surface area is 124 Å². The number of nitrogens with zero attached hydrogens (tertiary/aromatic N) is 1. The molecule has 1 aliphatic rings. The second-order valence-corrected chi connectivity index (χ2v) is 6.54. The van der Waals surface area contributed by atoms with Crippen LogP contribution in [0.15, 0.2) is 22.8 Å². The van der Waals surface area contributed by atoms with Crippen molar-refractivity contribution in [1.29, 1.82) is 0 Å². The first kappa shape index (κ1) is 14.9. The molecule has 1 heterocycles. The van der Waals surface area contributed by atoms with Crippen molar-refractivity contribution in [3.8, 4) is 0 Å². The summed E-state index contributed by atoms with van der Waals surface area (Å²) in [5.74, 6) is 6.55. The molecule has 1 fully saturated rings. The Morgan fingerprint density at radius 2 is 2.00 bits per heavy atom. The zero-order chi connectivity index (χ0) is 13.5. The third kappa shape index (κ3) is 5.21. The van der Waals surface area contributed by atoms with Crippen LogP contribution >= 0.6 is 15.9 Å². The summed E-state index contributed by atoms with van der Waals surface area (Å²) in [6.07, 6.45) is 12.3. The summed E-state index contributed by atoms with van der Waals surface area (Å²) in [4.78, 5) is 4.44. The fraction of sp³-hybridized carbons (Fsp3) is 0.667. The van der Waals surface area contributed by atoms with Gasteiger partial charge in [-0.3, -0.25) is 16.3 Å². The number of hydrazine groups is 1. The molecule has 106 valence electrons. The zero-order valence-corrected chi connectivity index (χ0v) is 13.0. The maximum atomic E-state index is 5.72. The molecule has 1 aliphatic carbocycles. The predicted octanol–water partition coefficient (Wildman–Crippen LogP) is 3.58. The number of pyridine rings is 1. The van der Waals surface area contributed by atoms with Crippen LogP contribution in [0.1, 0.15) is 50.6 Å². The lowest BCUT2D eigenvalue weighted by molar-refractivity contribution is 0.351. The molecule has 0 spiro atoms. The summed E-state index contributed by atoms with van der Waals surface area (Å²) < 4.78 is 1.03.